The SMILES string of the molecule is O=S1(=O)CCCN1c1cccc(CNc2ncc(-c3ccccc3)s2)c1. The van der Waals surface area contributed by atoms with Crippen LogP contribution in [0, 0.1) is 0 Å². The smallest absolute Gasteiger partial charge is 0.235 e. The molecule has 1 N–H and O–H groups in total. The zero-order chi connectivity index (χ0) is 18.0. The topological polar surface area (TPSA) is 62.3 Å². The summed E-state index contributed by atoms with van der Waals surface area (Å²) < 4.78 is 25.7. The second kappa shape index (κ2) is 7.09. The highest BCUT2D eigenvalue weighted by molar-refractivity contribution is 7.93. The van der Waals surface area contributed by atoms with Gasteiger partial charge in [0.15, 0.2) is 5.13 Å². The summed E-state index contributed by atoms with van der Waals surface area (Å²) in [5, 5.41) is 4.18. The fourth-order valence-corrected chi connectivity index (χ4v) is 5.39. The first-order valence-corrected chi connectivity index (χ1v) is 10.9. The van der Waals surface area contributed by atoms with Crippen LogP contribution < -0.4 is 9.62 Å². The van der Waals surface area contributed by atoms with E-state index in [0.29, 0.717) is 19.5 Å². The van der Waals surface area contributed by atoms with E-state index in [4.69, 9.17) is 0 Å². The number of rotatable bonds is 5. The Bertz CT molecular complexity index is 1000. The molecule has 1 aliphatic rings. The summed E-state index contributed by atoms with van der Waals surface area (Å²) in [4.78, 5) is 5.55. The van der Waals surface area contributed by atoms with E-state index in [9.17, 15) is 8.42 Å². The molecule has 7 heteroatoms. The predicted molar refractivity (Wildman–Crippen MR) is 107 cm³/mol. The molecule has 26 heavy (non-hydrogen) atoms. The van der Waals surface area contributed by atoms with Crippen molar-refractivity contribution in [3.8, 4) is 10.4 Å². The van der Waals surface area contributed by atoms with Gasteiger partial charge in [0.1, 0.15) is 0 Å². The lowest BCUT2D eigenvalue weighted by molar-refractivity contribution is 0.599. The van der Waals surface area contributed by atoms with Crippen molar-refractivity contribution >= 4 is 32.2 Å². The van der Waals surface area contributed by atoms with E-state index in [1.807, 2.05) is 48.7 Å². The fourth-order valence-electron chi connectivity index (χ4n) is 3.02. The highest BCUT2D eigenvalue weighted by Crippen LogP contribution is 2.29. The minimum absolute atomic E-state index is 0.233. The molecule has 4 rings (SSSR count). The van der Waals surface area contributed by atoms with Crippen molar-refractivity contribution in [3.63, 3.8) is 0 Å². The van der Waals surface area contributed by atoms with Crippen LogP contribution in [0.2, 0.25) is 0 Å². The van der Waals surface area contributed by atoms with Gasteiger partial charge in [-0.05, 0) is 29.7 Å². The van der Waals surface area contributed by atoms with Gasteiger partial charge in [-0.3, -0.25) is 4.31 Å². The lowest BCUT2D eigenvalue weighted by atomic mass is 10.2. The second-order valence-corrected chi connectivity index (χ2v) is 9.20. The number of aromatic nitrogens is 1. The normalized spacial score (nSPS) is 15.9. The molecule has 2 heterocycles. The maximum absolute atomic E-state index is 12.1. The Morgan fingerprint density at radius 1 is 1.12 bits per heavy atom. The summed E-state index contributed by atoms with van der Waals surface area (Å²) in [5.41, 5.74) is 2.92. The van der Waals surface area contributed by atoms with Crippen LogP contribution in [0.3, 0.4) is 0 Å². The van der Waals surface area contributed by atoms with Crippen LogP contribution in [-0.4, -0.2) is 25.7 Å². The Labute approximate surface area is 157 Å². The molecule has 1 aliphatic heterocycles. The van der Waals surface area contributed by atoms with E-state index in [1.54, 1.807) is 11.3 Å². The van der Waals surface area contributed by atoms with E-state index in [0.717, 1.165) is 26.8 Å². The predicted octanol–water partition coefficient (Wildman–Crippen LogP) is 3.96. The number of thiazole rings is 1. The number of sulfonamides is 1. The maximum atomic E-state index is 12.1. The maximum Gasteiger partial charge on any atom is 0.235 e. The highest BCUT2D eigenvalue weighted by Gasteiger charge is 2.28. The number of anilines is 2. The van der Waals surface area contributed by atoms with Gasteiger partial charge in [-0.15, -0.1) is 0 Å². The van der Waals surface area contributed by atoms with Crippen LogP contribution in [0.4, 0.5) is 10.8 Å². The number of benzene rings is 2. The van der Waals surface area contributed by atoms with E-state index in [1.165, 1.54) is 4.31 Å². The van der Waals surface area contributed by atoms with Crippen LogP contribution in [0.5, 0.6) is 0 Å². The van der Waals surface area contributed by atoms with Gasteiger partial charge in [-0.2, -0.15) is 0 Å². The van der Waals surface area contributed by atoms with Crippen molar-refractivity contribution in [2.24, 2.45) is 0 Å². The van der Waals surface area contributed by atoms with E-state index in [-0.39, 0.29) is 5.75 Å². The number of hydrogen-bond donors (Lipinski definition) is 1. The van der Waals surface area contributed by atoms with Gasteiger partial charge < -0.3 is 5.32 Å². The molecular formula is C19H19N3O2S2. The van der Waals surface area contributed by atoms with Gasteiger partial charge in [-0.1, -0.05) is 53.8 Å². The molecule has 0 atom stereocenters. The Morgan fingerprint density at radius 2 is 1.96 bits per heavy atom. The molecule has 1 fully saturated rings. The van der Waals surface area contributed by atoms with E-state index >= 15 is 0 Å². The van der Waals surface area contributed by atoms with Crippen LogP contribution in [-0.2, 0) is 16.6 Å². The molecule has 0 amide bonds. The van der Waals surface area contributed by atoms with Crippen molar-refractivity contribution in [2.45, 2.75) is 13.0 Å². The Hall–Kier alpha value is -2.38. The van der Waals surface area contributed by atoms with Crippen molar-refractivity contribution in [2.75, 3.05) is 21.9 Å². The van der Waals surface area contributed by atoms with Gasteiger partial charge >= 0.3 is 0 Å². The standard InChI is InChI=1S/C19H19N3O2S2/c23-26(24)11-5-10-22(26)17-9-4-6-15(12-17)13-20-19-21-14-18(25-19)16-7-2-1-3-8-16/h1-4,6-9,12,14H,5,10-11,13H2,(H,20,21). The molecule has 0 bridgehead atoms. The molecule has 0 unspecified atom stereocenters. The van der Waals surface area contributed by atoms with Crippen LogP contribution in [0.25, 0.3) is 10.4 Å². The number of nitrogens with one attached hydrogen (secondary N) is 1. The summed E-state index contributed by atoms with van der Waals surface area (Å²) in [6, 6.07) is 17.8. The third-order valence-electron chi connectivity index (χ3n) is 4.31. The fraction of sp³-hybridized carbons (Fsp3) is 0.211. The van der Waals surface area contributed by atoms with Gasteiger partial charge in [0.2, 0.25) is 10.0 Å². The first kappa shape index (κ1) is 17.1. The zero-order valence-electron chi connectivity index (χ0n) is 14.1. The molecule has 0 spiro atoms. The van der Waals surface area contributed by atoms with Crippen molar-refractivity contribution in [1.82, 2.24) is 4.98 Å². The van der Waals surface area contributed by atoms with E-state index < -0.39 is 10.0 Å². The third-order valence-corrected chi connectivity index (χ3v) is 7.18. The van der Waals surface area contributed by atoms with Crippen molar-refractivity contribution < 1.29 is 8.42 Å². The molecule has 3 aromatic rings. The Kier molecular flexibility index (Phi) is 4.65. The molecule has 0 aliphatic carbocycles. The second-order valence-electron chi connectivity index (χ2n) is 6.16. The van der Waals surface area contributed by atoms with Crippen LogP contribution in [0.1, 0.15) is 12.0 Å². The quantitative estimate of drug-likeness (QED) is 0.722. The molecule has 2 aromatic carbocycles. The molecule has 0 radical (unpaired) electrons. The lowest BCUT2D eigenvalue weighted by Crippen LogP contribution is -2.25. The van der Waals surface area contributed by atoms with Crippen LogP contribution >= 0.6 is 11.3 Å². The van der Waals surface area contributed by atoms with Gasteiger partial charge in [0, 0.05) is 19.3 Å². The average Bonchev–Trinajstić information content (AvgIpc) is 3.27. The minimum Gasteiger partial charge on any atom is -0.357 e. The summed E-state index contributed by atoms with van der Waals surface area (Å²) in [5.74, 6) is 0.233. The number of hydrogen-bond acceptors (Lipinski definition) is 5. The summed E-state index contributed by atoms with van der Waals surface area (Å²) in [7, 11) is -3.15. The third kappa shape index (κ3) is 3.59. The van der Waals surface area contributed by atoms with Gasteiger partial charge in [-0.25, -0.2) is 13.4 Å². The highest BCUT2D eigenvalue weighted by atomic mass is 32.2. The molecule has 0 saturated carbocycles. The molecule has 134 valence electrons. The Balaban J connectivity index is 1.46. The Morgan fingerprint density at radius 3 is 2.73 bits per heavy atom. The summed E-state index contributed by atoms with van der Waals surface area (Å²) in [6.45, 7) is 1.16. The minimum atomic E-state index is -3.15. The first-order chi connectivity index (χ1) is 12.6. The molecule has 5 nitrogen and oxygen atoms in total. The molecule has 1 saturated heterocycles. The lowest BCUT2D eigenvalue weighted by Gasteiger charge is -2.17. The number of nitrogens with zero attached hydrogens (tertiary/aromatic N) is 2. The van der Waals surface area contributed by atoms with Gasteiger partial charge in [0.05, 0.1) is 16.3 Å². The van der Waals surface area contributed by atoms with Crippen molar-refractivity contribution in [1.29, 1.82) is 0 Å². The van der Waals surface area contributed by atoms with Crippen LogP contribution in [0.15, 0.2) is 60.8 Å². The largest absolute Gasteiger partial charge is 0.357 e. The van der Waals surface area contributed by atoms with Crippen molar-refractivity contribution in [3.05, 3.63) is 66.4 Å². The summed E-state index contributed by atoms with van der Waals surface area (Å²) in [6.07, 6.45) is 2.56. The summed E-state index contributed by atoms with van der Waals surface area (Å²) >= 11 is 1.61. The average molecular weight is 386 g/mol. The zero-order valence-corrected chi connectivity index (χ0v) is 15.8. The monoisotopic (exact) mass is 385 g/mol. The van der Waals surface area contributed by atoms with Gasteiger partial charge in [0.25, 0.3) is 0 Å². The molecule has 1 aromatic heterocycles. The molecular weight excluding hydrogens is 366 g/mol. The first-order valence-electron chi connectivity index (χ1n) is 8.46. The van der Waals surface area contributed by atoms with E-state index in [2.05, 4.69) is 22.4 Å².